The van der Waals surface area contributed by atoms with Crippen molar-refractivity contribution < 1.29 is 19.1 Å². The Bertz CT molecular complexity index is 364. The van der Waals surface area contributed by atoms with Gasteiger partial charge in [0.15, 0.2) is 0 Å². The molecule has 0 unspecified atom stereocenters. The molecule has 0 atom stereocenters. The van der Waals surface area contributed by atoms with Crippen LogP contribution in [0.2, 0.25) is 0 Å². The Balaban J connectivity index is 1.70. The number of hydrogen-bond acceptors (Lipinski definition) is 2. The van der Waals surface area contributed by atoms with Gasteiger partial charge < -0.3 is 0 Å². The topological polar surface area (TPSA) is 26.2 Å². The number of rotatable bonds is 5. The molecule has 0 N–H and O–H groups in total. The third-order valence-corrected chi connectivity index (χ3v) is 1.94. The fourth-order valence-electron chi connectivity index (χ4n) is 1.22. The van der Waals surface area contributed by atoms with Crippen LogP contribution in [0.3, 0.4) is 0 Å². The molecule has 82 valence electrons. The zero-order chi connectivity index (χ0) is 11.1. The molecule has 0 amide bonds. The number of aromatic nitrogens is 2. The summed E-state index contributed by atoms with van der Waals surface area (Å²) in [6, 6.07) is 11.5. The molecule has 2 rings (SSSR count). The summed E-state index contributed by atoms with van der Waals surface area (Å²) < 4.78 is 3.30. The van der Waals surface area contributed by atoms with Crippen molar-refractivity contribution in [1.29, 1.82) is 0 Å². The fraction of sp³-hybridized carbons (Fsp3) is 0.167. The van der Waals surface area contributed by atoms with Gasteiger partial charge in [0.2, 0.25) is 38.0 Å². The van der Waals surface area contributed by atoms with E-state index < -0.39 is 0 Å². The second kappa shape index (κ2) is 5.70. The van der Waals surface area contributed by atoms with Gasteiger partial charge in [-0.05, 0) is 0 Å². The van der Waals surface area contributed by atoms with E-state index in [4.69, 9.17) is 9.68 Å². The van der Waals surface area contributed by atoms with Crippen molar-refractivity contribution in [3.8, 4) is 0 Å². The smallest absolute Gasteiger partial charge is 0.222 e. The molecule has 0 saturated heterocycles. The van der Waals surface area contributed by atoms with E-state index in [2.05, 4.69) is 0 Å². The minimum atomic E-state index is 0.497. The minimum absolute atomic E-state index is 0.497. The summed E-state index contributed by atoms with van der Waals surface area (Å²) in [6.45, 7) is 0.993. The maximum Gasteiger partial charge on any atom is 0.222 e. The second-order valence-electron chi connectivity index (χ2n) is 3.14. The normalized spacial score (nSPS) is 9.75. The van der Waals surface area contributed by atoms with Gasteiger partial charge in [0.1, 0.15) is 0 Å². The molecule has 0 aliphatic carbocycles. The quantitative estimate of drug-likeness (QED) is 0.514. The van der Waals surface area contributed by atoms with Gasteiger partial charge in [0.05, 0.1) is 0 Å². The lowest BCUT2D eigenvalue weighted by atomic mass is 10.5. The molecule has 2 aromatic rings. The van der Waals surface area contributed by atoms with E-state index in [0.717, 1.165) is 0 Å². The maximum absolute atomic E-state index is 5.41. The zero-order valence-corrected chi connectivity index (χ0v) is 8.90. The molecule has 4 nitrogen and oxygen atoms in total. The summed E-state index contributed by atoms with van der Waals surface area (Å²) in [5.74, 6) is 0. The van der Waals surface area contributed by atoms with E-state index in [-0.39, 0.29) is 0 Å². The number of hydrogen-bond donors (Lipinski definition) is 0. The molecule has 4 heteroatoms. The van der Waals surface area contributed by atoms with Gasteiger partial charge in [0.25, 0.3) is 0 Å². The Hall–Kier alpha value is -2.10. The van der Waals surface area contributed by atoms with Gasteiger partial charge in [-0.1, -0.05) is 12.1 Å². The van der Waals surface area contributed by atoms with Crippen molar-refractivity contribution in [2.45, 2.75) is 0 Å². The van der Waals surface area contributed by atoms with Gasteiger partial charge in [-0.15, -0.1) is 0 Å². The summed E-state index contributed by atoms with van der Waals surface area (Å²) >= 11 is 0. The summed E-state index contributed by atoms with van der Waals surface area (Å²) in [5.41, 5.74) is 0. The lowest BCUT2D eigenvalue weighted by Gasteiger charge is -1.97. The van der Waals surface area contributed by atoms with Crippen molar-refractivity contribution >= 4 is 0 Å². The Kier molecular flexibility index (Phi) is 3.71. The van der Waals surface area contributed by atoms with Gasteiger partial charge in [-0.3, -0.25) is 9.68 Å². The average Bonchev–Trinajstić information content (AvgIpc) is 2.37. The van der Waals surface area contributed by atoms with Crippen LogP contribution in [0.25, 0.3) is 0 Å². The molecular weight excluding hydrogens is 204 g/mol. The Morgan fingerprint density at radius 3 is 1.31 bits per heavy atom. The van der Waals surface area contributed by atoms with Crippen LogP contribution < -0.4 is 19.1 Å². The Morgan fingerprint density at radius 1 is 0.562 bits per heavy atom. The van der Waals surface area contributed by atoms with Crippen LogP contribution in [0.1, 0.15) is 0 Å². The first-order chi connectivity index (χ1) is 7.95. The standard InChI is InChI=1S/C12H14N2O2/c1-3-7-13(8-4-1)15-11-12-16-14-9-5-2-6-10-14/h1-10H,11-12H2/q+2. The average molecular weight is 218 g/mol. The first-order valence-corrected chi connectivity index (χ1v) is 5.14. The van der Waals surface area contributed by atoms with Crippen LogP contribution in [0.15, 0.2) is 61.2 Å². The van der Waals surface area contributed by atoms with E-state index in [1.165, 1.54) is 0 Å². The predicted octanol–water partition coefficient (Wildman–Crippen LogP) is -0.181. The Morgan fingerprint density at radius 2 is 0.938 bits per heavy atom. The predicted molar refractivity (Wildman–Crippen MR) is 56.2 cm³/mol. The second-order valence-corrected chi connectivity index (χ2v) is 3.14. The zero-order valence-electron chi connectivity index (χ0n) is 8.90. The van der Waals surface area contributed by atoms with Crippen LogP contribution in [0.4, 0.5) is 0 Å². The molecule has 0 bridgehead atoms. The maximum atomic E-state index is 5.41. The number of pyridine rings is 2. The van der Waals surface area contributed by atoms with Gasteiger partial charge in [-0.2, -0.15) is 0 Å². The van der Waals surface area contributed by atoms with Crippen LogP contribution in [-0.4, -0.2) is 13.2 Å². The SMILES string of the molecule is c1cc[n+](OCCO[n+]2ccccc2)cc1. The highest BCUT2D eigenvalue weighted by Crippen LogP contribution is 1.75. The molecule has 0 aliphatic rings. The highest BCUT2D eigenvalue weighted by atomic mass is 16.7. The highest BCUT2D eigenvalue weighted by Gasteiger charge is 2.02. The summed E-state index contributed by atoms with van der Waals surface area (Å²) in [7, 11) is 0. The van der Waals surface area contributed by atoms with Crippen molar-refractivity contribution in [1.82, 2.24) is 0 Å². The third kappa shape index (κ3) is 3.24. The third-order valence-electron chi connectivity index (χ3n) is 1.94. The Labute approximate surface area is 94.2 Å². The van der Waals surface area contributed by atoms with Crippen LogP contribution in [-0.2, 0) is 0 Å². The van der Waals surface area contributed by atoms with E-state index >= 15 is 0 Å². The van der Waals surface area contributed by atoms with Gasteiger partial charge in [-0.25, -0.2) is 0 Å². The molecule has 0 radical (unpaired) electrons. The van der Waals surface area contributed by atoms with E-state index in [9.17, 15) is 0 Å². The molecule has 0 aliphatic heterocycles. The fourth-order valence-corrected chi connectivity index (χ4v) is 1.22. The van der Waals surface area contributed by atoms with Crippen molar-refractivity contribution in [3.05, 3.63) is 61.2 Å². The van der Waals surface area contributed by atoms with E-state index in [1.54, 1.807) is 9.46 Å². The van der Waals surface area contributed by atoms with E-state index in [0.29, 0.717) is 13.2 Å². The van der Waals surface area contributed by atoms with E-state index in [1.807, 2.05) is 61.2 Å². The molecule has 2 heterocycles. The van der Waals surface area contributed by atoms with Crippen LogP contribution in [0.5, 0.6) is 0 Å². The first kappa shape index (κ1) is 10.4. The molecular formula is C12H14N2O2+2. The molecule has 0 aromatic carbocycles. The lowest BCUT2D eigenvalue weighted by molar-refractivity contribution is -0.908. The molecule has 2 aromatic heterocycles. The highest BCUT2D eigenvalue weighted by molar-refractivity contribution is 4.83. The van der Waals surface area contributed by atoms with Gasteiger partial charge in [0, 0.05) is 33.7 Å². The molecule has 0 spiro atoms. The largest absolute Gasteiger partial charge is 0.267 e. The van der Waals surface area contributed by atoms with Crippen molar-refractivity contribution in [2.75, 3.05) is 13.2 Å². The summed E-state index contributed by atoms with van der Waals surface area (Å²) in [4.78, 5) is 10.8. The molecule has 0 fully saturated rings. The van der Waals surface area contributed by atoms with Crippen molar-refractivity contribution in [3.63, 3.8) is 0 Å². The lowest BCUT2D eigenvalue weighted by Crippen LogP contribution is -2.48. The molecule has 0 saturated carbocycles. The molecule has 16 heavy (non-hydrogen) atoms. The number of nitrogens with zero attached hydrogens (tertiary/aromatic N) is 2. The first-order valence-electron chi connectivity index (χ1n) is 5.14. The summed E-state index contributed by atoms with van der Waals surface area (Å²) in [6.07, 6.45) is 7.37. The van der Waals surface area contributed by atoms with Crippen LogP contribution >= 0.6 is 0 Å². The minimum Gasteiger partial charge on any atom is -0.267 e. The summed E-state index contributed by atoms with van der Waals surface area (Å²) in [5, 5.41) is 0. The van der Waals surface area contributed by atoms with Crippen molar-refractivity contribution in [2.24, 2.45) is 0 Å². The monoisotopic (exact) mass is 218 g/mol. The van der Waals surface area contributed by atoms with Gasteiger partial charge >= 0.3 is 0 Å². The van der Waals surface area contributed by atoms with Crippen LogP contribution in [0, 0.1) is 0 Å².